The van der Waals surface area contributed by atoms with Crippen molar-refractivity contribution < 1.29 is 9.59 Å². The molecule has 0 aliphatic heterocycles. The summed E-state index contributed by atoms with van der Waals surface area (Å²) in [5.41, 5.74) is 1.87. The van der Waals surface area contributed by atoms with Crippen molar-refractivity contribution in [1.82, 2.24) is 9.78 Å². The van der Waals surface area contributed by atoms with Gasteiger partial charge in [-0.05, 0) is 41.3 Å². The van der Waals surface area contributed by atoms with Crippen LogP contribution in [0.4, 0.5) is 11.5 Å². The summed E-state index contributed by atoms with van der Waals surface area (Å²) >= 11 is 7.59. The van der Waals surface area contributed by atoms with Gasteiger partial charge in [0.05, 0.1) is 17.6 Å². The Kier molecular flexibility index (Phi) is 5.92. The Balaban J connectivity index is 1.47. The number of hydrogen-bond donors (Lipinski definition) is 2. The molecule has 6 nitrogen and oxygen atoms in total. The molecule has 30 heavy (non-hydrogen) atoms. The van der Waals surface area contributed by atoms with E-state index in [1.807, 2.05) is 35.7 Å². The second-order valence-electron chi connectivity index (χ2n) is 6.43. The fourth-order valence-electron chi connectivity index (χ4n) is 2.88. The highest BCUT2D eigenvalue weighted by Gasteiger charge is 2.13. The van der Waals surface area contributed by atoms with E-state index in [0.29, 0.717) is 33.5 Å². The van der Waals surface area contributed by atoms with Gasteiger partial charge in [-0.15, -0.1) is 11.3 Å². The third-order valence-electron chi connectivity index (χ3n) is 4.36. The maximum Gasteiger partial charge on any atom is 0.265 e. The predicted molar refractivity (Wildman–Crippen MR) is 119 cm³/mol. The zero-order chi connectivity index (χ0) is 20.9. The molecule has 0 bridgehead atoms. The van der Waals surface area contributed by atoms with Crippen LogP contribution in [0.5, 0.6) is 0 Å². The highest BCUT2D eigenvalue weighted by Crippen LogP contribution is 2.19. The van der Waals surface area contributed by atoms with E-state index in [1.165, 1.54) is 11.3 Å². The number of carbonyl (C=O) groups excluding carboxylic acids is 2. The Bertz CT molecular complexity index is 1190. The first-order chi connectivity index (χ1) is 14.6. The molecule has 2 aromatic heterocycles. The van der Waals surface area contributed by atoms with E-state index >= 15 is 0 Å². The van der Waals surface area contributed by atoms with Crippen LogP contribution in [-0.2, 0) is 6.54 Å². The molecule has 2 aromatic carbocycles. The van der Waals surface area contributed by atoms with Crippen LogP contribution in [0.15, 0.2) is 78.3 Å². The Labute approximate surface area is 182 Å². The summed E-state index contributed by atoms with van der Waals surface area (Å²) in [6.45, 7) is 0.430. The number of amides is 2. The minimum absolute atomic E-state index is 0.208. The van der Waals surface area contributed by atoms with Crippen molar-refractivity contribution in [2.45, 2.75) is 6.54 Å². The molecule has 0 spiro atoms. The zero-order valence-electron chi connectivity index (χ0n) is 15.7. The van der Waals surface area contributed by atoms with Crippen LogP contribution in [0.25, 0.3) is 0 Å². The summed E-state index contributed by atoms with van der Waals surface area (Å²) in [6, 6.07) is 19.6. The van der Waals surface area contributed by atoms with Gasteiger partial charge in [0.1, 0.15) is 5.82 Å². The van der Waals surface area contributed by atoms with Gasteiger partial charge >= 0.3 is 0 Å². The van der Waals surface area contributed by atoms with Crippen LogP contribution in [0.2, 0.25) is 5.02 Å². The number of rotatable bonds is 6. The summed E-state index contributed by atoms with van der Waals surface area (Å²) < 4.78 is 1.67. The lowest BCUT2D eigenvalue weighted by Gasteiger charge is -2.11. The summed E-state index contributed by atoms with van der Waals surface area (Å²) in [5.74, 6) is 0.0384. The zero-order valence-corrected chi connectivity index (χ0v) is 17.3. The number of nitrogens with one attached hydrogen (secondary N) is 2. The molecule has 2 amide bonds. The third kappa shape index (κ3) is 4.59. The van der Waals surface area contributed by atoms with Gasteiger partial charge in [0.25, 0.3) is 11.8 Å². The molecular weight excluding hydrogens is 420 g/mol. The van der Waals surface area contributed by atoms with Gasteiger partial charge in [-0.3, -0.25) is 9.59 Å². The maximum absolute atomic E-state index is 12.8. The maximum atomic E-state index is 12.8. The SMILES string of the molecule is O=C(Nc1ccnn1Cc1ccccc1Cl)c1cccc(NC(=O)c2cccs2)c1. The first kappa shape index (κ1) is 19.9. The number of nitrogens with zero attached hydrogens (tertiary/aromatic N) is 2. The molecular formula is C22H17ClN4O2S. The second kappa shape index (κ2) is 8.94. The van der Waals surface area contributed by atoms with Crippen molar-refractivity contribution >= 4 is 46.3 Å². The minimum atomic E-state index is -0.303. The molecule has 0 unspecified atom stereocenters. The molecule has 2 heterocycles. The van der Waals surface area contributed by atoms with Crippen LogP contribution >= 0.6 is 22.9 Å². The number of benzene rings is 2. The molecule has 8 heteroatoms. The van der Waals surface area contributed by atoms with Crippen LogP contribution in [-0.4, -0.2) is 21.6 Å². The van der Waals surface area contributed by atoms with Crippen molar-refractivity contribution in [3.05, 3.63) is 99.3 Å². The van der Waals surface area contributed by atoms with Crippen molar-refractivity contribution in [3.63, 3.8) is 0 Å². The molecule has 150 valence electrons. The van der Waals surface area contributed by atoms with Crippen LogP contribution < -0.4 is 10.6 Å². The number of hydrogen-bond acceptors (Lipinski definition) is 4. The molecule has 0 aliphatic rings. The topological polar surface area (TPSA) is 76.0 Å². The predicted octanol–water partition coefficient (Wildman–Crippen LogP) is 5.15. The number of anilines is 2. The fraction of sp³-hybridized carbons (Fsp3) is 0.0455. The van der Waals surface area contributed by atoms with Gasteiger partial charge in [-0.25, -0.2) is 4.68 Å². The lowest BCUT2D eigenvalue weighted by atomic mass is 10.2. The quantitative estimate of drug-likeness (QED) is 0.438. The monoisotopic (exact) mass is 436 g/mol. The highest BCUT2D eigenvalue weighted by molar-refractivity contribution is 7.12. The molecule has 2 N–H and O–H groups in total. The normalized spacial score (nSPS) is 10.6. The van der Waals surface area contributed by atoms with Crippen LogP contribution in [0, 0.1) is 0 Å². The van der Waals surface area contributed by atoms with E-state index in [9.17, 15) is 9.59 Å². The highest BCUT2D eigenvalue weighted by atomic mass is 35.5. The number of aromatic nitrogens is 2. The second-order valence-corrected chi connectivity index (χ2v) is 7.79. The Morgan fingerprint density at radius 3 is 2.63 bits per heavy atom. The van der Waals surface area contributed by atoms with E-state index in [4.69, 9.17) is 11.6 Å². The molecule has 4 rings (SSSR count). The van der Waals surface area contributed by atoms with Gasteiger partial charge in [0, 0.05) is 22.3 Å². The van der Waals surface area contributed by atoms with Crippen LogP contribution in [0.1, 0.15) is 25.6 Å². The summed E-state index contributed by atoms with van der Waals surface area (Å²) in [6.07, 6.45) is 1.62. The van der Waals surface area contributed by atoms with Crippen molar-refractivity contribution in [2.75, 3.05) is 10.6 Å². The van der Waals surface area contributed by atoms with E-state index in [-0.39, 0.29) is 11.8 Å². The number of thiophene rings is 1. The third-order valence-corrected chi connectivity index (χ3v) is 5.60. The molecule has 0 radical (unpaired) electrons. The smallest absolute Gasteiger partial charge is 0.265 e. The van der Waals surface area contributed by atoms with Gasteiger partial charge in [-0.1, -0.05) is 41.9 Å². The van der Waals surface area contributed by atoms with E-state index in [2.05, 4.69) is 15.7 Å². The van der Waals surface area contributed by atoms with E-state index in [0.717, 1.165) is 5.56 Å². The summed E-state index contributed by atoms with van der Waals surface area (Å²) in [7, 11) is 0. The van der Waals surface area contributed by atoms with Crippen molar-refractivity contribution in [1.29, 1.82) is 0 Å². The first-order valence-electron chi connectivity index (χ1n) is 9.11. The van der Waals surface area contributed by atoms with Gasteiger partial charge in [0.15, 0.2) is 0 Å². The van der Waals surface area contributed by atoms with Gasteiger partial charge in [0.2, 0.25) is 0 Å². The molecule has 0 atom stereocenters. The van der Waals surface area contributed by atoms with Crippen molar-refractivity contribution in [2.24, 2.45) is 0 Å². The number of halogens is 1. The largest absolute Gasteiger partial charge is 0.321 e. The summed E-state index contributed by atoms with van der Waals surface area (Å²) in [5, 5.41) is 12.4. The molecule has 0 saturated heterocycles. The minimum Gasteiger partial charge on any atom is -0.321 e. The van der Waals surface area contributed by atoms with Gasteiger partial charge < -0.3 is 10.6 Å². The van der Waals surface area contributed by atoms with Crippen LogP contribution in [0.3, 0.4) is 0 Å². The average molecular weight is 437 g/mol. The standard InChI is InChI=1S/C22H17ClN4O2S/c23-18-8-2-1-5-16(18)14-27-20(10-11-24-27)26-21(28)15-6-3-7-17(13-15)25-22(29)19-9-4-12-30-19/h1-13H,14H2,(H,25,29)(H,26,28). The number of carbonyl (C=O) groups is 2. The van der Waals surface area contributed by atoms with E-state index in [1.54, 1.807) is 47.3 Å². The van der Waals surface area contributed by atoms with E-state index < -0.39 is 0 Å². The molecule has 0 aliphatic carbocycles. The Hall–Kier alpha value is -3.42. The molecule has 0 saturated carbocycles. The van der Waals surface area contributed by atoms with Gasteiger partial charge in [-0.2, -0.15) is 5.10 Å². The average Bonchev–Trinajstić information content (AvgIpc) is 3.43. The van der Waals surface area contributed by atoms with Crippen molar-refractivity contribution in [3.8, 4) is 0 Å². The Morgan fingerprint density at radius 2 is 1.83 bits per heavy atom. The lowest BCUT2D eigenvalue weighted by Crippen LogP contribution is -2.17. The lowest BCUT2D eigenvalue weighted by molar-refractivity contribution is 0.101. The molecule has 0 fully saturated rings. The fourth-order valence-corrected chi connectivity index (χ4v) is 3.69. The summed E-state index contributed by atoms with van der Waals surface area (Å²) in [4.78, 5) is 25.6. The molecule has 4 aromatic rings. The first-order valence-corrected chi connectivity index (χ1v) is 10.4. The Morgan fingerprint density at radius 1 is 0.967 bits per heavy atom.